The van der Waals surface area contributed by atoms with Crippen molar-refractivity contribution in [3.05, 3.63) is 35.9 Å². The third-order valence-corrected chi connectivity index (χ3v) is 4.90. The molecule has 3 atom stereocenters. The first-order chi connectivity index (χ1) is 9.49. The van der Waals surface area contributed by atoms with Crippen LogP contribution >= 0.6 is 15.9 Å². The predicted octanol–water partition coefficient (Wildman–Crippen LogP) is 3.18. The summed E-state index contributed by atoms with van der Waals surface area (Å²) in [4.78, 5) is 27.6. The molecule has 0 saturated carbocycles. The Morgan fingerprint density at radius 3 is 2.50 bits per heavy atom. The van der Waals surface area contributed by atoms with E-state index in [1.54, 1.807) is 11.9 Å². The smallest absolute Gasteiger partial charge is 0.322 e. The Bertz CT molecular complexity index is 506. The van der Waals surface area contributed by atoms with Gasteiger partial charge in [-0.25, -0.2) is 4.79 Å². The lowest BCUT2D eigenvalue weighted by molar-refractivity contribution is -0.128. The van der Waals surface area contributed by atoms with Crippen LogP contribution in [0.4, 0.5) is 4.79 Å². The molecule has 4 nitrogen and oxygen atoms in total. The van der Waals surface area contributed by atoms with Crippen molar-refractivity contribution in [1.82, 2.24) is 9.80 Å². The Hall–Kier alpha value is -1.36. The molecule has 0 spiro atoms. The van der Waals surface area contributed by atoms with Crippen LogP contribution in [0.2, 0.25) is 0 Å². The maximum atomic E-state index is 12.5. The van der Waals surface area contributed by atoms with Crippen molar-refractivity contribution in [2.45, 2.75) is 37.2 Å². The molecule has 1 saturated heterocycles. The molecule has 20 heavy (non-hydrogen) atoms. The van der Waals surface area contributed by atoms with Gasteiger partial charge < -0.3 is 4.90 Å². The zero-order chi connectivity index (χ0) is 14.9. The molecule has 1 aromatic rings. The van der Waals surface area contributed by atoms with Crippen LogP contribution in [0, 0.1) is 0 Å². The van der Waals surface area contributed by atoms with Crippen LogP contribution in [0.15, 0.2) is 30.3 Å². The first kappa shape index (κ1) is 15.0. The highest BCUT2D eigenvalue weighted by Gasteiger charge is 2.46. The first-order valence-corrected chi connectivity index (χ1v) is 7.69. The van der Waals surface area contributed by atoms with E-state index in [9.17, 15) is 9.59 Å². The molecule has 1 aromatic carbocycles. The van der Waals surface area contributed by atoms with Gasteiger partial charge in [0.15, 0.2) is 0 Å². The quantitative estimate of drug-likeness (QED) is 0.794. The van der Waals surface area contributed by atoms with Crippen molar-refractivity contribution < 1.29 is 9.59 Å². The highest BCUT2D eigenvalue weighted by molar-refractivity contribution is 9.10. The first-order valence-electron chi connectivity index (χ1n) is 6.77. The molecule has 1 fully saturated rings. The van der Waals surface area contributed by atoms with Crippen LogP contribution in [0.25, 0.3) is 0 Å². The minimum absolute atomic E-state index is 0.0367. The summed E-state index contributed by atoms with van der Waals surface area (Å²) in [5.74, 6) is -0.164. The van der Waals surface area contributed by atoms with Crippen LogP contribution in [-0.2, 0) is 4.79 Å². The number of imide groups is 1. The average molecular weight is 339 g/mol. The lowest BCUT2D eigenvalue weighted by Gasteiger charge is -2.25. The number of amides is 3. The number of benzene rings is 1. The van der Waals surface area contributed by atoms with Crippen LogP contribution in [0.5, 0.6) is 0 Å². The minimum Gasteiger partial charge on any atom is -0.322 e. The van der Waals surface area contributed by atoms with E-state index >= 15 is 0 Å². The monoisotopic (exact) mass is 338 g/mol. The highest BCUT2D eigenvalue weighted by Crippen LogP contribution is 2.35. The molecule has 2 rings (SSSR count). The van der Waals surface area contributed by atoms with E-state index in [1.165, 1.54) is 4.90 Å². The average Bonchev–Trinajstić information content (AvgIpc) is 2.70. The fourth-order valence-corrected chi connectivity index (χ4v) is 2.75. The van der Waals surface area contributed by atoms with Gasteiger partial charge in [0.25, 0.3) is 0 Å². The molecule has 108 valence electrons. The lowest BCUT2D eigenvalue weighted by Crippen LogP contribution is -2.40. The van der Waals surface area contributed by atoms with Crippen molar-refractivity contribution in [1.29, 1.82) is 0 Å². The normalized spacial score (nSPS) is 24.1. The molecule has 0 aliphatic carbocycles. The summed E-state index contributed by atoms with van der Waals surface area (Å²) in [5, 5.41) is 0. The van der Waals surface area contributed by atoms with Crippen LogP contribution in [0.1, 0.15) is 31.9 Å². The topological polar surface area (TPSA) is 40.6 Å². The number of halogens is 1. The van der Waals surface area contributed by atoms with Gasteiger partial charge in [0.2, 0.25) is 5.91 Å². The van der Waals surface area contributed by atoms with Crippen molar-refractivity contribution in [2.24, 2.45) is 0 Å². The van der Waals surface area contributed by atoms with Gasteiger partial charge in [-0.2, -0.15) is 0 Å². The Balaban J connectivity index is 2.40. The lowest BCUT2D eigenvalue weighted by atomic mass is 10.00. The number of rotatable bonds is 3. The van der Waals surface area contributed by atoms with Crippen LogP contribution in [0.3, 0.4) is 0 Å². The molecule has 1 unspecified atom stereocenters. The van der Waals surface area contributed by atoms with Crippen LogP contribution in [-0.4, -0.2) is 39.7 Å². The molecule has 0 bridgehead atoms. The summed E-state index contributed by atoms with van der Waals surface area (Å²) in [5.41, 5.74) is 0.988. The van der Waals surface area contributed by atoms with Gasteiger partial charge in [-0.3, -0.25) is 9.69 Å². The molecule has 5 heteroatoms. The van der Waals surface area contributed by atoms with E-state index < -0.39 is 0 Å². The summed E-state index contributed by atoms with van der Waals surface area (Å²) in [6.45, 7) is 3.89. The summed E-state index contributed by atoms with van der Waals surface area (Å²) in [7, 11) is 1.74. The number of alkyl halides is 1. The molecular weight excluding hydrogens is 320 g/mol. The second-order valence-electron chi connectivity index (χ2n) is 5.07. The minimum atomic E-state index is -0.323. The Kier molecular flexibility index (Phi) is 4.48. The van der Waals surface area contributed by atoms with E-state index in [0.29, 0.717) is 6.42 Å². The zero-order valence-electron chi connectivity index (χ0n) is 11.9. The maximum absolute atomic E-state index is 12.5. The maximum Gasteiger partial charge on any atom is 0.327 e. The number of hydrogen-bond donors (Lipinski definition) is 0. The number of likely N-dealkylation sites (N-methyl/N-ethyl adjacent to an activating group) is 1. The summed E-state index contributed by atoms with van der Waals surface area (Å²) >= 11 is 3.36. The summed E-state index contributed by atoms with van der Waals surface area (Å²) < 4.78 is 0. The fraction of sp³-hybridized carbons (Fsp3) is 0.467. The molecule has 1 heterocycles. The van der Waals surface area contributed by atoms with Crippen LogP contribution < -0.4 is 0 Å². The van der Waals surface area contributed by atoms with Gasteiger partial charge in [0.1, 0.15) is 0 Å². The van der Waals surface area contributed by atoms with Crippen molar-refractivity contribution in [2.75, 3.05) is 7.05 Å². The molecule has 1 aliphatic rings. The van der Waals surface area contributed by atoms with E-state index in [-0.39, 0.29) is 28.8 Å². The molecule has 1 aliphatic heterocycles. The second-order valence-corrected chi connectivity index (χ2v) is 6.18. The van der Waals surface area contributed by atoms with Gasteiger partial charge >= 0.3 is 6.03 Å². The van der Waals surface area contributed by atoms with Gasteiger partial charge in [-0.15, -0.1) is 0 Å². The summed E-state index contributed by atoms with van der Waals surface area (Å²) in [6.07, 6.45) is 0.655. The summed E-state index contributed by atoms with van der Waals surface area (Å²) in [6, 6.07) is 9.22. The van der Waals surface area contributed by atoms with Crippen molar-refractivity contribution in [3.8, 4) is 0 Å². The standard InChI is InChI=1S/C15H19BrN2O2/c1-4-12(16)14(19)18-13(10(2)17(3)15(18)20)11-8-6-5-7-9-11/h5-10,12-13H,4H2,1-3H3/t10-,12?,13-/m0/s1. The number of carbonyl (C=O) groups is 2. The van der Waals surface area contributed by atoms with Gasteiger partial charge in [-0.1, -0.05) is 53.2 Å². The largest absolute Gasteiger partial charge is 0.327 e. The molecule has 0 aromatic heterocycles. The molecule has 0 radical (unpaired) electrons. The number of urea groups is 1. The Labute approximate surface area is 127 Å². The molecule has 3 amide bonds. The van der Waals surface area contributed by atoms with Crippen molar-refractivity contribution >= 4 is 27.9 Å². The number of carbonyl (C=O) groups excluding carboxylic acids is 2. The number of hydrogen-bond acceptors (Lipinski definition) is 2. The van der Waals surface area contributed by atoms with E-state index in [0.717, 1.165) is 5.56 Å². The second kappa shape index (κ2) is 5.95. The van der Waals surface area contributed by atoms with E-state index in [2.05, 4.69) is 15.9 Å². The van der Waals surface area contributed by atoms with Gasteiger partial charge in [0, 0.05) is 7.05 Å². The Morgan fingerprint density at radius 2 is 1.95 bits per heavy atom. The molecular formula is C15H19BrN2O2. The predicted molar refractivity (Wildman–Crippen MR) is 81.7 cm³/mol. The van der Waals surface area contributed by atoms with Gasteiger partial charge in [0.05, 0.1) is 16.9 Å². The zero-order valence-corrected chi connectivity index (χ0v) is 13.5. The Morgan fingerprint density at radius 1 is 1.35 bits per heavy atom. The SMILES string of the molecule is CCC(Br)C(=O)N1C(=O)N(C)[C@@H](C)[C@H]1c1ccccc1. The molecule has 0 N–H and O–H groups in total. The van der Waals surface area contributed by atoms with E-state index in [1.807, 2.05) is 44.2 Å². The number of nitrogens with zero attached hydrogens (tertiary/aromatic N) is 2. The third-order valence-electron chi connectivity index (χ3n) is 3.86. The third kappa shape index (κ3) is 2.46. The van der Waals surface area contributed by atoms with E-state index in [4.69, 9.17) is 0 Å². The fourth-order valence-electron chi connectivity index (χ4n) is 2.53. The van der Waals surface area contributed by atoms with Gasteiger partial charge in [-0.05, 0) is 18.9 Å². The van der Waals surface area contributed by atoms with Crippen molar-refractivity contribution in [3.63, 3.8) is 0 Å². The highest BCUT2D eigenvalue weighted by atomic mass is 79.9.